The fraction of sp³-hybridized carbons (Fsp3) is 0.455. The highest BCUT2D eigenvalue weighted by Gasteiger charge is 2.32. The van der Waals surface area contributed by atoms with Gasteiger partial charge in [-0.15, -0.1) is 0 Å². The molecule has 1 aromatic rings. The molecule has 0 radical (unpaired) electrons. The first-order valence-corrected chi connectivity index (χ1v) is 5.52. The smallest absolute Gasteiger partial charge is 0.0988 e. The Kier molecular flexibility index (Phi) is 3.83. The maximum atomic E-state index is 10.1. The summed E-state index contributed by atoms with van der Waals surface area (Å²) in [5.74, 6) is 0. The predicted octanol–water partition coefficient (Wildman–Crippen LogP) is 2.82. The molecule has 0 aromatic carbocycles. The summed E-state index contributed by atoms with van der Waals surface area (Å²) in [6.45, 7) is 3.64. The minimum Gasteiger partial charge on any atom is -0.387 e. The van der Waals surface area contributed by atoms with Crippen molar-refractivity contribution in [1.29, 1.82) is 5.26 Å². The van der Waals surface area contributed by atoms with Gasteiger partial charge in [-0.2, -0.15) is 5.26 Å². The molecule has 2 unspecified atom stereocenters. The molecule has 0 saturated carbocycles. The molecule has 1 heterocycles. The molecule has 1 N–H and O–H groups in total. The lowest BCUT2D eigenvalue weighted by Crippen LogP contribution is -2.23. The average molecular weight is 269 g/mol. The Bertz CT molecular complexity index is 388. The molecule has 0 amide bonds. The van der Waals surface area contributed by atoms with Crippen LogP contribution >= 0.6 is 15.9 Å². The topological polar surface area (TPSA) is 56.9 Å². The van der Waals surface area contributed by atoms with Gasteiger partial charge in [-0.1, -0.05) is 6.92 Å². The molecule has 2 atom stereocenters. The van der Waals surface area contributed by atoms with E-state index in [1.807, 2.05) is 6.92 Å². The van der Waals surface area contributed by atoms with E-state index in [1.165, 1.54) is 0 Å². The molecule has 0 aliphatic rings. The second-order valence-corrected chi connectivity index (χ2v) is 4.64. The number of aromatic nitrogens is 1. The van der Waals surface area contributed by atoms with E-state index < -0.39 is 11.5 Å². The zero-order valence-electron chi connectivity index (χ0n) is 8.74. The van der Waals surface area contributed by atoms with Crippen molar-refractivity contribution >= 4 is 15.9 Å². The summed E-state index contributed by atoms with van der Waals surface area (Å²) in [7, 11) is 0. The number of nitriles is 1. The Morgan fingerprint density at radius 1 is 1.67 bits per heavy atom. The highest BCUT2D eigenvalue weighted by atomic mass is 79.9. The largest absolute Gasteiger partial charge is 0.387 e. The normalized spacial score (nSPS) is 16.5. The van der Waals surface area contributed by atoms with Crippen LogP contribution in [0.5, 0.6) is 0 Å². The summed E-state index contributed by atoms with van der Waals surface area (Å²) in [6.07, 6.45) is 3.02. The summed E-state index contributed by atoms with van der Waals surface area (Å²) < 4.78 is 0.801. The Balaban J connectivity index is 3.04. The first-order chi connectivity index (χ1) is 7.03. The maximum Gasteiger partial charge on any atom is 0.0988 e. The number of aliphatic hydroxyl groups is 1. The van der Waals surface area contributed by atoms with Gasteiger partial charge < -0.3 is 5.11 Å². The van der Waals surface area contributed by atoms with E-state index in [0.29, 0.717) is 12.0 Å². The van der Waals surface area contributed by atoms with Crippen LogP contribution < -0.4 is 0 Å². The number of nitrogens with zero attached hydrogens (tertiary/aromatic N) is 2. The van der Waals surface area contributed by atoms with Crippen LogP contribution in [0.25, 0.3) is 0 Å². The molecule has 15 heavy (non-hydrogen) atoms. The second-order valence-electron chi connectivity index (χ2n) is 3.72. The first kappa shape index (κ1) is 12.2. The molecular formula is C11H13BrN2O. The van der Waals surface area contributed by atoms with Crippen LogP contribution in [-0.4, -0.2) is 10.1 Å². The summed E-state index contributed by atoms with van der Waals surface area (Å²) in [5.41, 5.74) is -0.0991. The van der Waals surface area contributed by atoms with E-state index in [-0.39, 0.29) is 0 Å². The lowest BCUT2D eigenvalue weighted by Gasteiger charge is -2.26. The second kappa shape index (κ2) is 4.73. The van der Waals surface area contributed by atoms with Crippen LogP contribution in [0, 0.1) is 16.7 Å². The number of pyridine rings is 1. The SMILES string of the molecule is CCC(C)(C#N)C(O)c1cncc(Br)c1. The fourth-order valence-corrected chi connectivity index (χ4v) is 1.66. The first-order valence-electron chi connectivity index (χ1n) is 4.73. The number of rotatable bonds is 3. The Morgan fingerprint density at radius 2 is 2.33 bits per heavy atom. The molecule has 0 spiro atoms. The van der Waals surface area contributed by atoms with E-state index in [4.69, 9.17) is 5.26 Å². The van der Waals surface area contributed by atoms with Gasteiger partial charge in [-0.3, -0.25) is 4.98 Å². The molecule has 0 aliphatic carbocycles. The van der Waals surface area contributed by atoms with Crippen molar-refractivity contribution < 1.29 is 5.11 Å². The van der Waals surface area contributed by atoms with Crippen molar-refractivity contribution in [2.45, 2.75) is 26.4 Å². The van der Waals surface area contributed by atoms with Crippen molar-refractivity contribution in [3.63, 3.8) is 0 Å². The van der Waals surface area contributed by atoms with E-state index >= 15 is 0 Å². The third-order valence-electron chi connectivity index (χ3n) is 2.64. The van der Waals surface area contributed by atoms with Crippen LogP contribution in [0.15, 0.2) is 22.9 Å². The van der Waals surface area contributed by atoms with Gasteiger partial charge in [0.15, 0.2) is 0 Å². The van der Waals surface area contributed by atoms with Crippen molar-refractivity contribution in [3.05, 3.63) is 28.5 Å². The molecule has 80 valence electrons. The third-order valence-corrected chi connectivity index (χ3v) is 3.07. The van der Waals surface area contributed by atoms with E-state index in [1.54, 1.807) is 25.4 Å². The van der Waals surface area contributed by atoms with Crippen LogP contribution in [0.3, 0.4) is 0 Å². The Labute approximate surface area is 97.9 Å². The molecule has 0 saturated heterocycles. The summed E-state index contributed by atoms with van der Waals surface area (Å²) in [4.78, 5) is 3.97. The number of hydrogen-bond donors (Lipinski definition) is 1. The van der Waals surface area contributed by atoms with Crippen molar-refractivity contribution in [2.24, 2.45) is 5.41 Å². The van der Waals surface area contributed by atoms with Gasteiger partial charge in [0.2, 0.25) is 0 Å². The van der Waals surface area contributed by atoms with Crippen molar-refractivity contribution in [3.8, 4) is 6.07 Å². The van der Waals surface area contributed by atoms with Gasteiger partial charge in [0.05, 0.1) is 17.6 Å². The van der Waals surface area contributed by atoms with Crippen molar-refractivity contribution in [2.75, 3.05) is 0 Å². The lowest BCUT2D eigenvalue weighted by atomic mass is 9.80. The quantitative estimate of drug-likeness (QED) is 0.917. The van der Waals surface area contributed by atoms with Gasteiger partial charge >= 0.3 is 0 Å². The van der Waals surface area contributed by atoms with Gasteiger partial charge in [0.1, 0.15) is 0 Å². The molecule has 1 aromatic heterocycles. The molecule has 0 fully saturated rings. The predicted molar refractivity (Wildman–Crippen MR) is 60.9 cm³/mol. The highest BCUT2D eigenvalue weighted by Crippen LogP contribution is 2.36. The Hall–Kier alpha value is -0.920. The van der Waals surface area contributed by atoms with Gasteiger partial charge in [-0.05, 0) is 35.3 Å². The summed E-state index contributed by atoms with van der Waals surface area (Å²) in [6, 6.07) is 3.93. The van der Waals surface area contributed by atoms with Crippen LogP contribution in [-0.2, 0) is 0 Å². The number of halogens is 1. The van der Waals surface area contributed by atoms with Crippen LogP contribution in [0.4, 0.5) is 0 Å². The monoisotopic (exact) mass is 268 g/mol. The maximum absolute atomic E-state index is 10.1. The minimum absolute atomic E-state index is 0.594. The van der Waals surface area contributed by atoms with Crippen LogP contribution in [0.2, 0.25) is 0 Å². The van der Waals surface area contributed by atoms with E-state index in [9.17, 15) is 5.11 Å². The minimum atomic E-state index is -0.808. The standard InChI is InChI=1S/C11H13BrN2O/c1-3-11(2,7-13)10(15)8-4-9(12)6-14-5-8/h4-6,10,15H,3H2,1-2H3. The zero-order valence-corrected chi connectivity index (χ0v) is 10.3. The van der Waals surface area contributed by atoms with Gasteiger partial charge in [0, 0.05) is 22.4 Å². The zero-order chi connectivity index (χ0) is 11.5. The van der Waals surface area contributed by atoms with E-state index in [2.05, 4.69) is 27.0 Å². The number of aliphatic hydroxyl groups excluding tert-OH is 1. The van der Waals surface area contributed by atoms with Crippen molar-refractivity contribution in [1.82, 2.24) is 4.98 Å². The Morgan fingerprint density at radius 3 is 2.80 bits per heavy atom. The van der Waals surface area contributed by atoms with Gasteiger partial charge in [-0.25, -0.2) is 0 Å². The average Bonchev–Trinajstić information content (AvgIpc) is 2.27. The molecule has 0 aliphatic heterocycles. The molecule has 0 bridgehead atoms. The number of hydrogen-bond acceptors (Lipinski definition) is 3. The highest BCUT2D eigenvalue weighted by molar-refractivity contribution is 9.10. The third kappa shape index (κ3) is 2.55. The van der Waals surface area contributed by atoms with Crippen LogP contribution in [0.1, 0.15) is 31.9 Å². The van der Waals surface area contributed by atoms with E-state index in [0.717, 1.165) is 4.47 Å². The molecule has 3 nitrogen and oxygen atoms in total. The lowest BCUT2D eigenvalue weighted by molar-refractivity contribution is 0.0718. The molecule has 1 rings (SSSR count). The molecular weight excluding hydrogens is 256 g/mol. The summed E-state index contributed by atoms with van der Waals surface area (Å²) in [5, 5.41) is 19.1. The summed E-state index contributed by atoms with van der Waals surface area (Å²) >= 11 is 3.28. The fourth-order valence-electron chi connectivity index (χ4n) is 1.28. The van der Waals surface area contributed by atoms with Gasteiger partial charge in [0.25, 0.3) is 0 Å². The molecule has 4 heteroatoms.